The minimum atomic E-state index is -0.00435. The minimum Gasteiger partial charge on any atom is -0.444 e. The third-order valence-corrected chi connectivity index (χ3v) is 4.27. The van der Waals surface area contributed by atoms with E-state index in [1.54, 1.807) is 0 Å². The van der Waals surface area contributed by atoms with Gasteiger partial charge in [-0.25, -0.2) is 4.98 Å². The smallest absolute Gasteiger partial charge is 0.223 e. The van der Waals surface area contributed by atoms with Crippen LogP contribution in [-0.2, 0) is 18.5 Å². The van der Waals surface area contributed by atoms with E-state index in [0.29, 0.717) is 18.5 Å². The molecule has 0 unspecified atom stereocenters. The van der Waals surface area contributed by atoms with Crippen molar-refractivity contribution in [3.8, 4) is 0 Å². The lowest BCUT2D eigenvalue weighted by molar-refractivity contribution is 0.175. The van der Waals surface area contributed by atoms with Crippen LogP contribution in [0, 0.1) is 6.92 Å². The van der Waals surface area contributed by atoms with E-state index >= 15 is 0 Å². The molecule has 0 amide bonds. The summed E-state index contributed by atoms with van der Waals surface area (Å²) in [4.78, 5) is 11.0. The second-order valence-electron chi connectivity index (χ2n) is 7.55. The fraction of sp³-hybridized carbons (Fsp3) is 0.706. The zero-order valence-electron chi connectivity index (χ0n) is 15.0. The number of aromatic nitrogens is 3. The van der Waals surface area contributed by atoms with Crippen LogP contribution in [0.1, 0.15) is 57.0 Å². The van der Waals surface area contributed by atoms with Crippen molar-refractivity contribution in [3.63, 3.8) is 0 Å². The molecule has 1 N–H and O–H groups in total. The molecular formula is C17H27N5O2. The van der Waals surface area contributed by atoms with Gasteiger partial charge in [-0.1, -0.05) is 25.9 Å². The van der Waals surface area contributed by atoms with E-state index in [0.717, 1.165) is 50.0 Å². The topological polar surface area (TPSA) is 80.2 Å². The predicted octanol–water partition coefficient (Wildman–Crippen LogP) is 2.42. The maximum absolute atomic E-state index is 5.84. The first kappa shape index (κ1) is 17.1. The number of rotatable bonds is 5. The summed E-state index contributed by atoms with van der Waals surface area (Å²) < 4.78 is 10.9. The van der Waals surface area contributed by atoms with Crippen molar-refractivity contribution in [1.29, 1.82) is 0 Å². The van der Waals surface area contributed by atoms with Crippen LogP contribution in [0.25, 0.3) is 0 Å². The fourth-order valence-corrected chi connectivity index (χ4v) is 2.94. The van der Waals surface area contributed by atoms with E-state index in [9.17, 15) is 0 Å². The Morgan fingerprint density at radius 1 is 1.38 bits per heavy atom. The van der Waals surface area contributed by atoms with Crippen molar-refractivity contribution in [1.82, 2.24) is 25.3 Å². The van der Waals surface area contributed by atoms with Crippen LogP contribution < -0.4 is 5.32 Å². The third-order valence-electron chi connectivity index (χ3n) is 4.27. The molecule has 7 nitrogen and oxygen atoms in total. The SMILES string of the molecule is Cc1nc(CN2CCC[C@@H](NCc3ncc(C(C)(C)C)o3)C2)no1. The van der Waals surface area contributed by atoms with E-state index in [2.05, 4.69) is 46.1 Å². The summed E-state index contributed by atoms with van der Waals surface area (Å²) in [5.74, 6) is 3.06. The first-order valence-corrected chi connectivity index (χ1v) is 8.60. The molecule has 1 atom stereocenters. The number of oxazole rings is 1. The molecule has 2 aromatic heterocycles. The zero-order chi connectivity index (χ0) is 17.2. The minimum absolute atomic E-state index is 0.00435. The molecule has 1 fully saturated rings. The highest BCUT2D eigenvalue weighted by molar-refractivity contribution is 5.06. The predicted molar refractivity (Wildman–Crippen MR) is 89.4 cm³/mol. The van der Waals surface area contributed by atoms with Crippen molar-refractivity contribution in [3.05, 3.63) is 29.6 Å². The van der Waals surface area contributed by atoms with Crippen molar-refractivity contribution >= 4 is 0 Å². The van der Waals surface area contributed by atoms with Crippen LogP contribution in [0.3, 0.4) is 0 Å². The summed E-state index contributed by atoms with van der Waals surface area (Å²) in [5.41, 5.74) is -0.00435. The lowest BCUT2D eigenvalue weighted by atomic mass is 9.94. The van der Waals surface area contributed by atoms with Gasteiger partial charge >= 0.3 is 0 Å². The Balaban J connectivity index is 1.49. The quantitative estimate of drug-likeness (QED) is 0.900. The van der Waals surface area contributed by atoms with E-state index in [1.165, 1.54) is 0 Å². The first-order valence-electron chi connectivity index (χ1n) is 8.60. The Morgan fingerprint density at radius 3 is 2.88 bits per heavy atom. The highest BCUT2D eigenvalue weighted by Crippen LogP contribution is 2.22. The molecule has 3 heterocycles. The van der Waals surface area contributed by atoms with Gasteiger partial charge < -0.3 is 14.3 Å². The molecule has 7 heteroatoms. The Kier molecular flexibility index (Phi) is 5.01. The average Bonchev–Trinajstić information content (AvgIpc) is 3.14. The molecule has 1 aliphatic rings. The summed E-state index contributed by atoms with van der Waals surface area (Å²) in [6.45, 7) is 11.6. The molecule has 1 aliphatic heterocycles. The monoisotopic (exact) mass is 333 g/mol. The molecule has 2 aromatic rings. The number of likely N-dealkylation sites (tertiary alicyclic amines) is 1. The summed E-state index contributed by atoms with van der Waals surface area (Å²) in [6, 6.07) is 0.428. The van der Waals surface area contributed by atoms with E-state index in [-0.39, 0.29) is 5.41 Å². The van der Waals surface area contributed by atoms with Gasteiger partial charge in [-0.3, -0.25) is 4.90 Å². The summed E-state index contributed by atoms with van der Waals surface area (Å²) >= 11 is 0. The third kappa shape index (κ3) is 4.42. The maximum Gasteiger partial charge on any atom is 0.223 e. The second kappa shape index (κ2) is 7.03. The molecule has 0 spiro atoms. The van der Waals surface area contributed by atoms with Gasteiger partial charge in [-0.05, 0) is 19.4 Å². The number of nitrogens with zero attached hydrogens (tertiary/aromatic N) is 4. The average molecular weight is 333 g/mol. The van der Waals surface area contributed by atoms with Gasteiger partial charge in [-0.2, -0.15) is 4.98 Å². The number of piperidine rings is 1. The maximum atomic E-state index is 5.84. The molecule has 132 valence electrons. The van der Waals surface area contributed by atoms with Crippen LogP contribution in [-0.4, -0.2) is 39.2 Å². The van der Waals surface area contributed by atoms with Crippen LogP contribution in [0.2, 0.25) is 0 Å². The largest absolute Gasteiger partial charge is 0.444 e. The summed E-state index contributed by atoms with van der Waals surface area (Å²) in [6.07, 6.45) is 4.16. The number of aryl methyl sites for hydroxylation is 1. The summed E-state index contributed by atoms with van der Waals surface area (Å²) in [5, 5.41) is 7.54. The van der Waals surface area contributed by atoms with Crippen LogP contribution in [0.5, 0.6) is 0 Å². The van der Waals surface area contributed by atoms with Gasteiger partial charge in [0.05, 0.1) is 19.3 Å². The standard InChI is InChI=1S/C17H27N5O2/c1-12-20-15(21-24-12)11-22-7-5-6-13(10-22)18-9-16-19-8-14(23-16)17(2,3)4/h8,13,18H,5-7,9-11H2,1-4H3/t13-/m1/s1. The molecule has 0 bridgehead atoms. The summed E-state index contributed by atoms with van der Waals surface area (Å²) in [7, 11) is 0. The lowest BCUT2D eigenvalue weighted by Gasteiger charge is -2.32. The highest BCUT2D eigenvalue weighted by Gasteiger charge is 2.22. The molecule has 0 radical (unpaired) electrons. The molecule has 0 saturated carbocycles. The van der Waals surface area contributed by atoms with Gasteiger partial charge in [0.25, 0.3) is 0 Å². The van der Waals surface area contributed by atoms with Gasteiger partial charge in [-0.15, -0.1) is 0 Å². The van der Waals surface area contributed by atoms with E-state index in [4.69, 9.17) is 8.94 Å². The molecular weight excluding hydrogens is 306 g/mol. The number of hydrogen-bond donors (Lipinski definition) is 1. The molecule has 0 aromatic carbocycles. The first-order chi connectivity index (χ1) is 11.4. The molecule has 24 heavy (non-hydrogen) atoms. The fourth-order valence-electron chi connectivity index (χ4n) is 2.94. The number of nitrogens with one attached hydrogen (secondary N) is 1. The number of hydrogen-bond acceptors (Lipinski definition) is 7. The van der Waals surface area contributed by atoms with Gasteiger partial charge in [0.15, 0.2) is 5.82 Å². The lowest BCUT2D eigenvalue weighted by Crippen LogP contribution is -2.45. The van der Waals surface area contributed by atoms with Gasteiger partial charge in [0.1, 0.15) is 5.76 Å². The molecule has 0 aliphatic carbocycles. The van der Waals surface area contributed by atoms with Crippen LogP contribution in [0.15, 0.2) is 15.1 Å². The van der Waals surface area contributed by atoms with Crippen molar-refractivity contribution < 1.29 is 8.94 Å². The Bertz CT molecular complexity index is 658. The Morgan fingerprint density at radius 2 is 2.21 bits per heavy atom. The van der Waals surface area contributed by atoms with Crippen molar-refractivity contribution in [2.75, 3.05) is 13.1 Å². The van der Waals surface area contributed by atoms with Gasteiger partial charge in [0, 0.05) is 24.9 Å². The van der Waals surface area contributed by atoms with Crippen LogP contribution in [0.4, 0.5) is 0 Å². The van der Waals surface area contributed by atoms with Gasteiger partial charge in [0.2, 0.25) is 11.8 Å². The second-order valence-corrected chi connectivity index (χ2v) is 7.55. The molecule has 3 rings (SSSR count). The Labute approximate surface area is 142 Å². The highest BCUT2D eigenvalue weighted by atomic mass is 16.5. The van der Waals surface area contributed by atoms with Crippen molar-refractivity contribution in [2.45, 2.75) is 65.1 Å². The van der Waals surface area contributed by atoms with E-state index in [1.807, 2.05) is 13.1 Å². The van der Waals surface area contributed by atoms with E-state index < -0.39 is 0 Å². The Hall–Kier alpha value is -1.73. The zero-order valence-corrected chi connectivity index (χ0v) is 15.0. The normalized spacial score (nSPS) is 19.8. The van der Waals surface area contributed by atoms with Crippen molar-refractivity contribution in [2.24, 2.45) is 0 Å². The van der Waals surface area contributed by atoms with Crippen LogP contribution >= 0.6 is 0 Å². The molecule has 1 saturated heterocycles.